The summed E-state index contributed by atoms with van der Waals surface area (Å²) >= 11 is 0. The predicted molar refractivity (Wildman–Crippen MR) is 101 cm³/mol. The van der Waals surface area contributed by atoms with Gasteiger partial charge in [-0.15, -0.1) is 0 Å². The van der Waals surface area contributed by atoms with Gasteiger partial charge in [-0.05, 0) is 36.6 Å². The Labute approximate surface area is 153 Å². The second kappa shape index (κ2) is 7.46. The van der Waals surface area contributed by atoms with Gasteiger partial charge in [-0.3, -0.25) is 4.79 Å². The number of aryl methyl sites for hydroxylation is 1. The van der Waals surface area contributed by atoms with Gasteiger partial charge < -0.3 is 14.7 Å². The van der Waals surface area contributed by atoms with E-state index >= 15 is 0 Å². The van der Waals surface area contributed by atoms with E-state index in [2.05, 4.69) is 17.0 Å². The van der Waals surface area contributed by atoms with Crippen LogP contribution in [0.2, 0.25) is 0 Å². The lowest BCUT2D eigenvalue weighted by molar-refractivity contribution is -0.892. The van der Waals surface area contributed by atoms with Crippen molar-refractivity contribution in [2.75, 3.05) is 49.1 Å². The average Bonchev–Trinajstić information content (AvgIpc) is 2.68. The van der Waals surface area contributed by atoms with Crippen molar-refractivity contribution in [3.63, 3.8) is 0 Å². The molecule has 5 heteroatoms. The zero-order valence-electron chi connectivity index (χ0n) is 15.0. The van der Waals surface area contributed by atoms with E-state index in [9.17, 15) is 9.18 Å². The Hall–Kier alpha value is -2.40. The number of hydrogen-bond acceptors (Lipinski definition) is 2. The van der Waals surface area contributed by atoms with E-state index in [0.717, 1.165) is 51.3 Å². The largest absolute Gasteiger partial charge is 0.358 e. The first-order valence-corrected chi connectivity index (χ1v) is 9.44. The van der Waals surface area contributed by atoms with Crippen molar-refractivity contribution in [3.8, 4) is 0 Å². The van der Waals surface area contributed by atoms with E-state index in [4.69, 9.17) is 0 Å². The van der Waals surface area contributed by atoms with Crippen molar-refractivity contribution in [2.45, 2.75) is 12.8 Å². The van der Waals surface area contributed by atoms with Gasteiger partial charge in [0.15, 0.2) is 6.54 Å². The number of fused-ring (bicyclic) bond motifs is 1. The molecule has 1 N–H and O–H groups in total. The zero-order valence-corrected chi connectivity index (χ0v) is 15.0. The fourth-order valence-corrected chi connectivity index (χ4v) is 4.05. The van der Waals surface area contributed by atoms with E-state index in [1.165, 1.54) is 16.5 Å². The lowest BCUT2D eigenvalue weighted by atomic mass is 10.0. The lowest BCUT2D eigenvalue weighted by Gasteiger charge is -2.35. The number of hydrogen-bond donors (Lipinski definition) is 1. The van der Waals surface area contributed by atoms with E-state index in [-0.39, 0.29) is 11.7 Å². The maximum Gasteiger partial charge on any atom is 0.282 e. The molecule has 0 spiro atoms. The molecule has 2 aromatic rings. The van der Waals surface area contributed by atoms with Crippen molar-refractivity contribution in [2.24, 2.45) is 0 Å². The quantitative estimate of drug-likeness (QED) is 0.905. The monoisotopic (exact) mass is 354 g/mol. The van der Waals surface area contributed by atoms with Gasteiger partial charge in [0, 0.05) is 12.2 Å². The highest BCUT2D eigenvalue weighted by atomic mass is 19.1. The van der Waals surface area contributed by atoms with E-state index in [1.54, 1.807) is 6.07 Å². The van der Waals surface area contributed by atoms with E-state index in [0.29, 0.717) is 12.2 Å². The predicted octanol–water partition coefficient (Wildman–Crippen LogP) is 1.51. The number of piperazine rings is 1. The molecular formula is C21H25FN3O+. The molecule has 0 atom stereocenters. The van der Waals surface area contributed by atoms with Gasteiger partial charge in [0.2, 0.25) is 0 Å². The van der Waals surface area contributed by atoms with Gasteiger partial charge in [-0.2, -0.15) is 0 Å². The molecule has 2 aromatic carbocycles. The molecule has 136 valence electrons. The molecule has 1 amide bonds. The number of para-hydroxylation sites is 2. The smallest absolute Gasteiger partial charge is 0.282 e. The van der Waals surface area contributed by atoms with Gasteiger partial charge in [0.1, 0.15) is 5.82 Å². The molecule has 4 rings (SSSR count). The van der Waals surface area contributed by atoms with Crippen molar-refractivity contribution in [3.05, 3.63) is 59.9 Å². The van der Waals surface area contributed by atoms with Crippen molar-refractivity contribution < 1.29 is 14.1 Å². The highest BCUT2D eigenvalue weighted by Crippen LogP contribution is 2.26. The van der Waals surface area contributed by atoms with Crippen LogP contribution in [-0.4, -0.2) is 45.2 Å². The first kappa shape index (κ1) is 17.0. The first-order chi connectivity index (χ1) is 12.7. The summed E-state index contributed by atoms with van der Waals surface area (Å²) in [4.78, 5) is 18.2. The maximum absolute atomic E-state index is 14.0. The molecule has 2 aliphatic heterocycles. The molecule has 2 heterocycles. The number of carbonyl (C=O) groups is 1. The van der Waals surface area contributed by atoms with Crippen LogP contribution < -0.4 is 14.7 Å². The molecule has 4 nitrogen and oxygen atoms in total. The van der Waals surface area contributed by atoms with Gasteiger partial charge in [0.05, 0.1) is 31.9 Å². The van der Waals surface area contributed by atoms with Crippen LogP contribution in [0.5, 0.6) is 0 Å². The molecular weight excluding hydrogens is 329 g/mol. The van der Waals surface area contributed by atoms with Crippen LogP contribution in [-0.2, 0) is 11.2 Å². The molecule has 0 bridgehead atoms. The lowest BCUT2D eigenvalue weighted by Crippen LogP contribution is -3.16. The van der Waals surface area contributed by atoms with Crippen LogP contribution in [0.4, 0.5) is 15.8 Å². The summed E-state index contributed by atoms with van der Waals surface area (Å²) in [7, 11) is 0. The third-order valence-corrected chi connectivity index (χ3v) is 5.48. The summed E-state index contributed by atoms with van der Waals surface area (Å²) in [6.45, 7) is 4.59. The second-order valence-corrected chi connectivity index (χ2v) is 7.14. The minimum atomic E-state index is -0.169. The minimum absolute atomic E-state index is 0.169. The van der Waals surface area contributed by atoms with Crippen LogP contribution in [0.25, 0.3) is 0 Å². The summed E-state index contributed by atoms with van der Waals surface area (Å²) in [6, 6.07) is 15.1. The number of nitrogens with zero attached hydrogens (tertiary/aromatic N) is 2. The van der Waals surface area contributed by atoms with Crippen LogP contribution in [0.15, 0.2) is 48.5 Å². The number of anilines is 2. The van der Waals surface area contributed by atoms with Gasteiger partial charge in [-0.25, -0.2) is 4.39 Å². The summed E-state index contributed by atoms with van der Waals surface area (Å²) in [6.07, 6.45) is 2.08. The van der Waals surface area contributed by atoms with Crippen molar-refractivity contribution in [1.82, 2.24) is 0 Å². The molecule has 2 aliphatic rings. The number of nitrogens with one attached hydrogen (secondary N) is 1. The van der Waals surface area contributed by atoms with Crippen molar-refractivity contribution >= 4 is 17.3 Å². The van der Waals surface area contributed by atoms with Crippen LogP contribution in [0, 0.1) is 5.82 Å². The number of benzene rings is 2. The minimum Gasteiger partial charge on any atom is -0.358 e. The SMILES string of the molecule is O=C(C[NH+]1CCN(c2ccccc2F)CC1)N1CCCc2ccccc21. The molecule has 0 aliphatic carbocycles. The molecule has 0 saturated carbocycles. The summed E-state index contributed by atoms with van der Waals surface area (Å²) in [5.74, 6) is 0.0310. The standard InChI is InChI=1S/C21H24FN3O/c22-18-8-2-4-10-20(18)24-14-12-23(13-15-24)16-21(26)25-11-5-7-17-6-1-3-9-19(17)25/h1-4,6,8-10H,5,7,11-16H2/p+1. The topological polar surface area (TPSA) is 28.0 Å². The van der Waals surface area contributed by atoms with E-state index < -0.39 is 0 Å². The molecule has 0 radical (unpaired) electrons. The van der Waals surface area contributed by atoms with Crippen LogP contribution in [0.1, 0.15) is 12.0 Å². The Morgan fingerprint density at radius 1 is 0.962 bits per heavy atom. The highest BCUT2D eigenvalue weighted by Gasteiger charge is 2.28. The Bertz CT molecular complexity index is 786. The first-order valence-electron chi connectivity index (χ1n) is 9.44. The number of amides is 1. The number of halogens is 1. The Kier molecular flexibility index (Phi) is 4.89. The maximum atomic E-state index is 14.0. The molecule has 0 aromatic heterocycles. The number of rotatable bonds is 3. The third-order valence-electron chi connectivity index (χ3n) is 5.48. The van der Waals surface area contributed by atoms with Crippen molar-refractivity contribution in [1.29, 1.82) is 0 Å². The van der Waals surface area contributed by atoms with E-state index in [1.807, 2.05) is 29.2 Å². The Morgan fingerprint density at radius 2 is 1.65 bits per heavy atom. The molecule has 26 heavy (non-hydrogen) atoms. The van der Waals surface area contributed by atoms with Crippen LogP contribution in [0.3, 0.4) is 0 Å². The summed E-state index contributed by atoms with van der Waals surface area (Å²) in [5.41, 5.74) is 3.02. The van der Waals surface area contributed by atoms with Gasteiger partial charge >= 0.3 is 0 Å². The van der Waals surface area contributed by atoms with Crippen LogP contribution >= 0.6 is 0 Å². The molecule has 1 saturated heterocycles. The highest BCUT2D eigenvalue weighted by molar-refractivity contribution is 5.95. The Balaban J connectivity index is 1.36. The summed E-state index contributed by atoms with van der Waals surface area (Å²) < 4.78 is 14.0. The second-order valence-electron chi connectivity index (χ2n) is 7.14. The van der Waals surface area contributed by atoms with Gasteiger partial charge in [0.25, 0.3) is 5.91 Å². The number of quaternary nitrogens is 1. The van der Waals surface area contributed by atoms with Gasteiger partial charge in [-0.1, -0.05) is 30.3 Å². The zero-order chi connectivity index (χ0) is 17.9. The number of carbonyl (C=O) groups excluding carboxylic acids is 1. The summed E-state index contributed by atoms with van der Waals surface area (Å²) in [5, 5.41) is 0. The normalized spacial score (nSPS) is 17.9. The third kappa shape index (κ3) is 3.44. The fraction of sp³-hybridized carbons (Fsp3) is 0.381. The average molecular weight is 354 g/mol. The molecule has 1 fully saturated rings. The molecule has 0 unspecified atom stereocenters. The Morgan fingerprint density at radius 3 is 2.42 bits per heavy atom. The fourth-order valence-electron chi connectivity index (χ4n) is 4.05.